The Bertz CT molecular complexity index is 213. The van der Waals surface area contributed by atoms with Crippen LogP contribution in [-0.4, -0.2) is 5.78 Å². The van der Waals surface area contributed by atoms with Gasteiger partial charge in [0.15, 0.2) is 0 Å². The topological polar surface area (TPSA) is 17.1 Å². The third kappa shape index (κ3) is 1.59. The van der Waals surface area contributed by atoms with Crippen LogP contribution < -0.4 is 0 Å². The van der Waals surface area contributed by atoms with E-state index in [2.05, 4.69) is 25.7 Å². The second-order valence-electron chi connectivity index (χ2n) is 3.19. The molecule has 0 aliphatic heterocycles. The molecule has 0 fully saturated rings. The van der Waals surface area contributed by atoms with Gasteiger partial charge in [-0.1, -0.05) is 31.2 Å². The standard InChI is InChI=1S/C10H14O/c1-7-5-4-6-10(8(7)2)9(3)11/h4-5,7,10H,2,6H2,1,3H3. The highest BCUT2D eigenvalue weighted by Crippen LogP contribution is 2.28. The van der Waals surface area contributed by atoms with Crippen molar-refractivity contribution >= 4 is 5.78 Å². The van der Waals surface area contributed by atoms with E-state index in [4.69, 9.17) is 0 Å². The molecule has 0 aromatic carbocycles. The molecule has 1 nitrogen and oxygen atoms in total. The number of allylic oxidation sites excluding steroid dienone is 3. The van der Waals surface area contributed by atoms with Gasteiger partial charge in [-0.3, -0.25) is 4.79 Å². The lowest BCUT2D eigenvalue weighted by Gasteiger charge is -2.22. The summed E-state index contributed by atoms with van der Waals surface area (Å²) in [5, 5.41) is 0. The largest absolute Gasteiger partial charge is 0.299 e. The first-order valence-electron chi connectivity index (χ1n) is 3.98. The minimum absolute atomic E-state index is 0.0787. The van der Waals surface area contributed by atoms with E-state index in [1.807, 2.05) is 0 Å². The molecule has 2 atom stereocenters. The van der Waals surface area contributed by atoms with Crippen LogP contribution in [0.15, 0.2) is 24.3 Å². The molecule has 0 saturated carbocycles. The molecule has 11 heavy (non-hydrogen) atoms. The third-order valence-electron chi connectivity index (χ3n) is 2.32. The van der Waals surface area contributed by atoms with Gasteiger partial charge < -0.3 is 0 Å². The number of Topliss-reactive ketones (excluding diaryl/α,β-unsaturated/α-hetero) is 1. The van der Waals surface area contributed by atoms with Crippen LogP contribution >= 0.6 is 0 Å². The third-order valence-corrected chi connectivity index (χ3v) is 2.32. The average Bonchev–Trinajstić information content (AvgIpc) is 1.94. The lowest BCUT2D eigenvalue weighted by Crippen LogP contribution is -2.19. The summed E-state index contributed by atoms with van der Waals surface area (Å²) in [5.41, 5.74) is 1.07. The summed E-state index contributed by atoms with van der Waals surface area (Å²) < 4.78 is 0. The molecule has 1 aliphatic carbocycles. The SMILES string of the molecule is C=C1C(C)C=CCC1C(C)=O. The van der Waals surface area contributed by atoms with Crippen LogP contribution in [0.1, 0.15) is 20.3 Å². The van der Waals surface area contributed by atoms with Crippen molar-refractivity contribution in [3.05, 3.63) is 24.3 Å². The predicted octanol–water partition coefficient (Wildman–Crippen LogP) is 2.34. The smallest absolute Gasteiger partial charge is 0.137 e. The van der Waals surface area contributed by atoms with Crippen molar-refractivity contribution < 1.29 is 4.79 Å². The van der Waals surface area contributed by atoms with E-state index in [-0.39, 0.29) is 11.7 Å². The molecule has 0 aromatic heterocycles. The summed E-state index contributed by atoms with van der Waals surface area (Å²) in [4.78, 5) is 11.1. The van der Waals surface area contributed by atoms with Gasteiger partial charge in [0, 0.05) is 5.92 Å². The van der Waals surface area contributed by atoms with E-state index in [0.717, 1.165) is 12.0 Å². The summed E-state index contributed by atoms with van der Waals surface area (Å²) >= 11 is 0. The summed E-state index contributed by atoms with van der Waals surface area (Å²) in [6, 6.07) is 0. The number of hydrogen-bond donors (Lipinski definition) is 0. The number of carbonyl (C=O) groups excluding carboxylic acids is 1. The Kier molecular flexibility index (Phi) is 2.28. The predicted molar refractivity (Wildman–Crippen MR) is 46.2 cm³/mol. The van der Waals surface area contributed by atoms with Gasteiger partial charge in [-0.2, -0.15) is 0 Å². The fraction of sp³-hybridized carbons (Fsp3) is 0.500. The van der Waals surface area contributed by atoms with E-state index in [0.29, 0.717) is 5.92 Å². The zero-order chi connectivity index (χ0) is 8.43. The van der Waals surface area contributed by atoms with Crippen molar-refractivity contribution in [3.63, 3.8) is 0 Å². The number of carbonyl (C=O) groups is 1. The van der Waals surface area contributed by atoms with Gasteiger partial charge in [-0.05, 0) is 19.3 Å². The molecular weight excluding hydrogens is 136 g/mol. The first-order valence-corrected chi connectivity index (χ1v) is 3.98. The first-order chi connectivity index (χ1) is 5.13. The Hall–Kier alpha value is -0.850. The van der Waals surface area contributed by atoms with Crippen LogP contribution in [0.25, 0.3) is 0 Å². The Morgan fingerprint density at radius 3 is 2.82 bits per heavy atom. The molecule has 0 bridgehead atoms. The Morgan fingerprint density at radius 2 is 2.36 bits per heavy atom. The quantitative estimate of drug-likeness (QED) is 0.524. The van der Waals surface area contributed by atoms with Crippen LogP contribution in [0.5, 0.6) is 0 Å². The zero-order valence-electron chi connectivity index (χ0n) is 7.13. The molecule has 0 heterocycles. The van der Waals surface area contributed by atoms with Crippen LogP contribution in [-0.2, 0) is 4.79 Å². The molecule has 0 aromatic rings. The van der Waals surface area contributed by atoms with E-state index in [9.17, 15) is 4.79 Å². The number of rotatable bonds is 1. The minimum Gasteiger partial charge on any atom is -0.299 e. The van der Waals surface area contributed by atoms with Gasteiger partial charge in [0.2, 0.25) is 0 Å². The van der Waals surface area contributed by atoms with E-state index in [1.165, 1.54) is 0 Å². The zero-order valence-corrected chi connectivity index (χ0v) is 7.13. The molecule has 0 saturated heterocycles. The number of hydrogen-bond acceptors (Lipinski definition) is 1. The van der Waals surface area contributed by atoms with Crippen molar-refractivity contribution in [2.24, 2.45) is 11.8 Å². The van der Waals surface area contributed by atoms with Crippen molar-refractivity contribution in [1.82, 2.24) is 0 Å². The van der Waals surface area contributed by atoms with Gasteiger partial charge in [-0.15, -0.1) is 0 Å². The molecule has 0 N–H and O–H groups in total. The molecular formula is C10H14O. The molecule has 60 valence electrons. The lowest BCUT2D eigenvalue weighted by atomic mass is 9.81. The molecule has 1 aliphatic rings. The summed E-state index contributed by atoms with van der Waals surface area (Å²) in [6.45, 7) is 7.64. The monoisotopic (exact) mass is 150 g/mol. The van der Waals surface area contributed by atoms with Crippen LogP contribution in [0.2, 0.25) is 0 Å². The maximum atomic E-state index is 11.1. The molecule has 0 spiro atoms. The van der Waals surface area contributed by atoms with Crippen molar-refractivity contribution in [1.29, 1.82) is 0 Å². The fourth-order valence-electron chi connectivity index (χ4n) is 1.44. The summed E-state index contributed by atoms with van der Waals surface area (Å²) in [6.07, 6.45) is 5.03. The van der Waals surface area contributed by atoms with Crippen LogP contribution in [0.4, 0.5) is 0 Å². The van der Waals surface area contributed by atoms with E-state index >= 15 is 0 Å². The highest BCUT2D eigenvalue weighted by Gasteiger charge is 2.22. The summed E-state index contributed by atoms with van der Waals surface area (Å²) in [5.74, 6) is 0.693. The van der Waals surface area contributed by atoms with Crippen molar-refractivity contribution in [2.75, 3.05) is 0 Å². The van der Waals surface area contributed by atoms with Crippen LogP contribution in [0.3, 0.4) is 0 Å². The minimum atomic E-state index is 0.0787. The maximum absolute atomic E-state index is 11.1. The molecule has 0 radical (unpaired) electrons. The molecule has 1 heteroatoms. The lowest BCUT2D eigenvalue weighted by molar-refractivity contribution is -0.119. The van der Waals surface area contributed by atoms with E-state index < -0.39 is 0 Å². The fourth-order valence-corrected chi connectivity index (χ4v) is 1.44. The number of ketones is 1. The Balaban J connectivity index is 2.78. The Labute approximate surface area is 67.8 Å². The molecule has 2 unspecified atom stereocenters. The highest BCUT2D eigenvalue weighted by atomic mass is 16.1. The normalized spacial score (nSPS) is 30.5. The van der Waals surface area contributed by atoms with E-state index in [1.54, 1.807) is 6.92 Å². The summed E-state index contributed by atoms with van der Waals surface area (Å²) in [7, 11) is 0. The highest BCUT2D eigenvalue weighted by molar-refractivity contribution is 5.81. The van der Waals surface area contributed by atoms with Gasteiger partial charge in [0.05, 0.1) is 0 Å². The van der Waals surface area contributed by atoms with Gasteiger partial charge in [0.25, 0.3) is 0 Å². The Morgan fingerprint density at radius 1 is 1.73 bits per heavy atom. The van der Waals surface area contributed by atoms with Crippen molar-refractivity contribution in [2.45, 2.75) is 20.3 Å². The van der Waals surface area contributed by atoms with Crippen molar-refractivity contribution in [3.8, 4) is 0 Å². The second kappa shape index (κ2) is 3.04. The molecule has 1 rings (SSSR count). The average molecular weight is 150 g/mol. The molecule has 0 amide bonds. The second-order valence-corrected chi connectivity index (χ2v) is 3.19. The van der Waals surface area contributed by atoms with Gasteiger partial charge in [-0.25, -0.2) is 0 Å². The van der Waals surface area contributed by atoms with Crippen LogP contribution in [0, 0.1) is 11.8 Å². The van der Waals surface area contributed by atoms with Gasteiger partial charge in [0.1, 0.15) is 5.78 Å². The van der Waals surface area contributed by atoms with Gasteiger partial charge >= 0.3 is 0 Å². The maximum Gasteiger partial charge on any atom is 0.137 e. The first kappa shape index (κ1) is 8.25.